The Morgan fingerprint density at radius 1 is 1.35 bits per heavy atom. The van der Waals surface area contributed by atoms with Crippen LogP contribution in [-0.2, 0) is 6.54 Å². The Hall–Kier alpha value is -1.68. The molecule has 0 saturated carbocycles. The molecule has 0 amide bonds. The van der Waals surface area contributed by atoms with Crippen molar-refractivity contribution in [2.24, 2.45) is 0 Å². The van der Waals surface area contributed by atoms with Crippen LogP contribution < -0.4 is 5.32 Å². The summed E-state index contributed by atoms with van der Waals surface area (Å²) >= 11 is 0. The molecule has 1 aromatic carbocycles. The molecule has 0 unspecified atom stereocenters. The second kappa shape index (κ2) is 5.10. The van der Waals surface area contributed by atoms with Gasteiger partial charge in [0.1, 0.15) is 5.82 Å². The third-order valence-corrected chi connectivity index (χ3v) is 2.46. The van der Waals surface area contributed by atoms with Gasteiger partial charge in [0, 0.05) is 18.2 Å². The molecule has 0 bridgehead atoms. The lowest BCUT2D eigenvalue weighted by molar-refractivity contribution is 0.428. The van der Waals surface area contributed by atoms with Crippen molar-refractivity contribution in [1.29, 1.82) is 0 Å². The zero-order valence-electron chi connectivity index (χ0n) is 9.90. The SMILES string of the molecule is CC(C)NCc1cnoc1-c1ccccc1F. The van der Waals surface area contributed by atoms with Crippen molar-refractivity contribution in [2.45, 2.75) is 26.4 Å². The van der Waals surface area contributed by atoms with Gasteiger partial charge in [-0.15, -0.1) is 0 Å². The molecular weight excluding hydrogens is 219 g/mol. The van der Waals surface area contributed by atoms with Crippen LogP contribution in [0.5, 0.6) is 0 Å². The van der Waals surface area contributed by atoms with E-state index in [2.05, 4.69) is 24.3 Å². The molecule has 0 aliphatic heterocycles. The van der Waals surface area contributed by atoms with E-state index in [1.807, 2.05) is 0 Å². The first-order chi connectivity index (χ1) is 8.18. The molecule has 0 saturated heterocycles. The summed E-state index contributed by atoms with van der Waals surface area (Å²) in [4.78, 5) is 0. The summed E-state index contributed by atoms with van der Waals surface area (Å²) in [5.74, 6) is 0.200. The number of hydrogen-bond donors (Lipinski definition) is 1. The first-order valence-electron chi connectivity index (χ1n) is 5.60. The number of nitrogens with one attached hydrogen (secondary N) is 1. The van der Waals surface area contributed by atoms with Gasteiger partial charge in [-0.1, -0.05) is 31.1 Å². The van der Waals surface area contributed by atoms with Gasteiger partial charge in [-0.25, -0.2) is 4.39 Å². The van der Waals surface area contributed by atoms with Crippen molar-refractivity contribution in [3.05, 3.63) is 41.8 Å². The fourth-order valence-corrected chi connectivity index (χ4v) is 1.57. The van der Waals surface area contributed by atoms with E-state index in [0.29, 0.717) is 23.9 Å². The van der Waals surface area contributed by atoms with Crippen molar-refractivity contribution in [2.75, 3.05) is 0 Å². The third-order valence-electron chi connectivity index (χ3n) is 2.46. The number of hydrogen-bond acceptors (Lipinski definition) is 3. The predicted molar refractivity (Wildman–Crippen MR) is 63.9 cm³/mol. The fraction of sp³-hybridized carbons (Fsp3) is 0.308. The van der Waals surface area contributed by atoms with E-state index in [9.17, 15) is 4.39 Å². The lowest BCUT2D eigenvalue weighted by Gasteiger charge is -2.07. The molecule has 2 rings (SSSR count). The molecule has 0 aliphatic carbocycles. The molecule has 17 heavy (non-hydrogen) atoms. The third kappa shape index (κ3) is 2.71. The summed E-state index contributed by atoms with van der Waals surface area (Å²) in [6.07, 6.45) is 1.62. The van der Waals surface area contributed by atoms with E-state index in [0.717, 1.165) is 5.56 Å². The Morgan fingerprint density at radius 3 is 2.82 bits per heavy atom. The van der Waals surface area contributed by atoms with Crippen LogP contribution in [0.1, 0.15) is 19.4 Å². The highest BCUT2D eigenvalue weighted by molar-refractivity contribution is 5.61. The molecule has 0 aliphatic rings. The molecule has 4 heteroatoms. The molecule has 0 fully saturated rings. The number of halogens is 1. The van der Waals surface area contributed by atoms with E-state index in [1.54, 1.807) is 24.4 Å². The van der Waals surface area contributed by atoms with Crippen LogP contribution in [-0.4, -0.2) is 11.2 Å². The minimum absolute atomic E-state index is 0.296. The molecule has 2 aromatic rings. The fourth-order valence-electron chi connectivity index (χ4n) is 1.57. The van der Waals surface area contributed by atoms with Crippen LogP contribution in [0.4, 0.5) is 4.39 Å². The number of rotatable bonds is 4. The second-order valence-corrected chi connectivity index (χ2v) is 4.20. The summed E-state index contributed by atoms with van der Waals surface area (Å²) in [7, 11) is 0. The van der Waals surface area contributed by atoms with E-state index in [-0.39, 0.29) is 5.82 Å². The Bertz CT molecular complexity index is 494. The van der Waals surface area contributed by atoms with Gasteiger partial charge in [-0.3, -0.25) is 0 Å². The minimum atomic E-state index is -0.296. The van der Waals surface area contributed by atoms with Crippen LogP contribution >= 0.6 is 0 Å². The number of nitrogens with zero attached hydrogens (tertiary/aromatic N) is 1. The molecule has 90 valence electrons. The Balaban J connectivity index is 2.28. The normalized spacial score (nSPS) is 11.1. The van der Waals surface area contributed by atoms with Crippen molar-refractivity contribution < 1.29 is 8.91 Å². The zero-order valence-corrected chi connectivity index (χ0v) is 9.90. The van der Waals surface area contributed by atoms with Crippen molar-refractivity contribution in [3.8, 4) is 11.3 Å². The van der Waals surface area contributed by atoms with Gasteiger partial charge in [0.15, 0.2) is 5.76 Å². The largest absolute Gasteiger partial charge is 0.356 e. The van der Waals surface area contributed by atoms with Gasteiger partial charge >= 0.3 is 0 Å². The van der Waals surface area contributed by atoms with Crippen LogP contribution in [0.25, 0.3) is 11.3 Å². The maximum atomic E-state index is 13.6. The van der Waals surface area contributed by atoms with Crippen molar-refractivity contribution in [1.82, 2.24) is 10.5 Å². The van der Waals surface area contributed by atoms with E-state index in [1.165, 1.54) is 6.07 Å². The first kappa shape index (κ1) is 11.8. The van der Waals surface area contributed by atoms with E-state index >= 15 is 0 Å². The van der Waals surface area contributed by atoms with Gasteiger partial charge in [0.25, 0.3) is 0 Å². The molecular formula is C13H15FN2O. The van der Waals surface area contributed by atoms with Crippen LogP contribution in [0.15, 0.2) is 35.0 Å². The second-order valence-electron chi connectivity index (χ2n) is 4.20. The van der Waals surface area contributed by atoms with Gasteiger partial charge in [0.2, 0.25) is 0 Å². The highest BCUT2D eigenvalue weighted by atomic mass is 19.1. The summed E-state index contributed by atoms with van der Waals surface area (Å²) in [6.45, 7) is 4.72. The summed E-state index contributed by atoms with van der Waals surface area (Å²) < 4.78 is 18.8. The van der Waals surface area contributed by atoms with Gasteiger partial charge in [-0.2, -0.15) is 0 Å². The monoisotopic (exact) mass is 234 g/mol. The first-order valence-corrected chi connectivity index (χ1v) is 5.60. The average molecular weight is 234 g/mol. The summed E-state index contributed by atoms with van der Waals surface area (Å²) in [6, 6.07) is 6.90. The highest BCUT2D eigenvalue weighted by Gasteiger charge is 2.14. The molecule has 0 atom stereocenters. The summed E-state index contributed by atoms with van der Waals surface area (Å²) in [5, 5.41) is 6.99. The van der Waals surface area contributed by atoms with Gasteiger partial charge in [-0.05, 0) is 12.1 Å². The lowest BCUT2D eigenvalue weighted by Crippen LogP contribution is -2.21. The Labute approximate surface area is 99.6 Å². The highest BCUT2D eigenvalue weighted by Crippen LogP contribution is 2.25. The maximum absolute atomic E-state index is 13.6. The predicted octanol–water partition coefficient (Wildman–Crippen LogP) is 2.98. The molecule has 1 N–H and O–H groups in total. The quantitative estimate of drug-likeness (QED) is 0.883. The van der Waals surface area contributed by atoms with Crippen molar-refractivity contribution in [3.63, 3.8) is 0 Å². The Morgan fingerprint density at radius 2 is 2.12 bits per heavy atom. The molecule has 0 spiro atoms. The molecule has 0 radical (unpaired) electrons. The molecule has 1 heterocycles. The summed E-state index contributed by atoms with van der Waals surface area (Å²) in [5.41, 5.74) is 1.31. The smallest absolute Gasteiger partial charge is 0.174 e. The molecule has 3 nitrogen and oxygen atoms in total. The Kier molecular flexibility index (Phi) is 3.54. The topological polar surface area (TPSA) is 38.1 Å². The maximum Gasteiger partial charge on any atom is 0.174 e. The number of benzene rings is 1. The van der Waals surface area contributed by atoms with Crippen LogP contribution in [0, 0.1) is 5.82 Å². The van der Waals surface area contributed by atoms with E-state index < -0.39 is 0 Å². The van der Waals surface area contributed by atoms with Gasteiger partial charge < -0.3 is 9.84 Å². The molecule has 1 aromatic heterocycles. The average Bonchev–Trinajstić information content (AvgIpc) is 2.75. The van der Waals surface area contributed by atoms with Gasteiger partial charge in [0.05, 0.1) is 11.8 Å². The van der Waals surface area contributed by atoms with Crippen LogP contribution in [0.2, 0.25) is 0 Å². The number of aromatic nitrogens is 1. The zero-order chi connectivity index (χ0) is 12.3. The van der Waals surface area contributed by atoms with E-state index in [4.69, 9.17) is 4.52 Å². The van der Waals surface area contributed by atoms with Crippen molar-refractivity contribution >= 4 is 0 Å². The lowest BCUT2D eigenvalue weighted by atomic mass is 10.1. The van der Waals surface area contributed by atoms with Crippen LogP contribution in [0.3, 0.4) is 0 Å². The minimum Gasteiger partial charge on any atom is -0.356 e. The standard InChI is InChI=1S/C13H15FN2O/c1-9(2)15-7-10-8-16-17-13(10)11-5-3-4-6-12(11)14/h3-6,8-9,15H,7H2,1-2H3.